The van der Waals surface area contributed by atoms with Crippen LogP contribution in [0.3, 0.4) is 0 Å². The van der Waals surface area contributed by atoms with Crippen LogP contribution in [0.5, 0.6) is 5.75 Å². The number of ether oxygens (including phenoxy) is 3. The van der Waals surface area contributed by atoms with Gasteiger partial charge in [-0.1, -0.05) is 6.07 Å². The van der Waals surface area contributed by atoms with Crippen molar-refractivity contribution in [1.29, 1.82) is 0 Å². The molecule has 0 bridgehead atoms. The third-order valence-electron chi connectivity index (χ3n) is 3.55. The van der Waals surface area contributed by atoms with Gasteiger partial charge in [-0.25, -0.2) is 8.42 Å². The highest BCUT2D eigenvalue weighted by Crippen LogP contribution is 2.29. The number of morpholine rings is 1. The second kappa shape index (κ2) is 8.46. The van der Waals surface area contributed by atoms with Crippen LogP contribution in [0.2, 0.25) is 0 Å². The second-order valence-electron chi connectivity index (χ2n) is 5.21. The van der Waals surface area contributed by atoms with Crippen LogP contribution in [0, 0.1) is 0 Å². The third kappa shape index (κ3) is 4.46. The fraction of sp³-hybridized carbons (Fsp3) is 0.562. The lowest BCUT2D eigenvalue weighted by Gasteiger charge is -2.27. The number of benzene rings is 1. The van der Waals surface area contributed by atoms with E-state index in [0.717, 1.165) is 0 Å². The summed E-state index contributed by atoms with van der Waals surface area (Å²) in [6.07, 6.45) is 0.0197. The Morgan fingerprint density at radius 2 is 1.92 bits per heavy atom. The number of nitrogens with zero attached hydrogens (tertiary/aromatic N) is 1. The summed E-state index contributed by atoms with van der Waals surface area (Å²) in [7, 11) is -3.71. The van der Waals surface area contributed by atoms with Crippen LogP contribution in [0.4, 0.5) is 0 Å². The van der Waals surface area contributed by atoms with Gasteiger partial charge in [-0.2, -0.15) is 4.31 Å². The molecule has 0 spiro atoms. The van der Waals surface area contributed by atoms with E-state index >= 15 is 0 Å². The number of carbonyl (C=O) groups is 1. The van der Waals surface area contributed by atoms with Crippen molar-refractivity contribution < 1.29 is 27.4 Å². The lowest BCUT2D eigenvalue weighted by atomic mass is 10.1. The number of esters is 1. The summed E-state index contributed by atoms with van der Waals surface area (Å²) in [4.78, 5) is 11.7. The minimum Gasteiger partial charge on any atom is -0.492 e. The molecule has 134 valence electrons. The van der Waals surface area contributed by atoms with Crippen LogP contribution in [-0.4, -0.2) is 58.2 Å². The molecule has 2 rings (SSSR count). The Hall–Kier alpha value is -1.64. The maximum atomic E-state index is 12.9. The molecule has 8 heteroatoms. The van der Waals surface area contributed by atoms with Gasteiger partial charge in [0.05, 0.1) is 32.8 Å². The van der Waals surface area contributed by atoms with E-state index in [1.54, 1.807) is 26.0 Å². The zero-order chi connectivity index (χ0) is 17.6. The summed E-state index contributed by atoms with van der Waals surface area (Å²) in [5, 5.41) is 0. The van der Waals surface area contributed by atoms with Crippen molar-refractivity contribution in [3.05, 3.63) is 23.8 Å². The number of rotatable bonds is 7. The van der Waals surface area contributed by atoms with Crippen LogP contribution < -0.4 is 4.74 Å². The van der Waals surface area contributed by atoms with Crippen molar-refractivity contribution in [3.63, 3.8) is 0 Å². The fourth-order valence-electron chi connectivity index (χ4n) is 2.44. The molecule has 1 saturated heterocycles. The van der Waals surface area contributed by atoms with Gasteiger partial charge in [0.2, 0.25) is 10.0 Å². The average Bonchev–Trinajstić information content (AvgIpc) is 2.57. The first kappa shape index (κ1) is 18.7. The number of hydrogen-bond acceptors (Lipinski definition) is 6. The largest absolute Gasteiger partial charge is 0.492 e. The van der Waals surface area contributed by atoms with Gasteiger partial charge in [0.1, 0.15) is 10.6 Å². The summed E-state index contributed by atoms with van der Waals surface area (Å²) in [6, 6.07) is 4.76. The van der Waals surface area contributed by atoms with Gasteiger partial charge >= 0.3 is 5.97 Å². The van der Waals surface area contributed by atoms with Crippen molar-refractivity contribution in [2.24, 2.45) is 0 Å². The van der Waals surface area contributed by atoms with Crippen LogP contribution in [-0.2, 0) is 30.7 Å². The van der Waals surface area contributed by atoms with Gasteiger partial charge in [-0.3, -0.25) is 4.79 Å². The Morgan fingerprint density at radius 3 is 2.54 bits per heavy atom. The molecule has 1 aliphatic rings. The maximum Gasteiger partial charge on any atom is 0.310 e. The predicted octanol–water partition coefficient (Wildman–Crippen LogP) is 1.21. The molecular weight excluding hydrogens is 334 g/mol. The Bertz CT molecular complexity index is 667. The van der Waals surface area contributed by atoms with E-state index in [-0.39, 0.29) is 23.7 Å². The van der Waals surface area contributed by atoms with E-state index in [4.69, 9.17) is 14.2 Å². The van der Waals surface area contributed by atoms with E-state index in [0.29, 0.717) is 38.5 Å². The Kier molecular flexibility index (Phi) is 6.59. The molecule has 0 aliphatic carbocycles. The average molecular weight is 357 g/mol. The van der Waals surface area contributed by atoms with Gasteiger partial charge < -0.3 is 14.2 Å². The Balaban J connectivity index is 2.35. The standard InChI is InChI=1S/C16H23NO6S/c1-3-22-14-6-5-13(12-16(18)23-4-2)11-15(14)24(19,20)17-7-9-21-10-8-17/h5-6,11H,3-4,7-10,12H2,1-2H3. The molecule has 0 N–H and O–H groups in total. The van der Waals surface area contributed by atoms with E-state index in [1.807, 2.05) is 0 Å². The SMILES string of the molecule is CCOC(=O)Cc1ccc(OCC)c(S(=O)(=O)N2CCOCC2)c1. The van der Waals surface area contributed by atoms with Crippen LogP contribution >= 0.6 is 0 Å². The van der Waals surface area contributed by atoms with Gasteiger partial charge in [-0.05, 0) is 31.5 Å². The van der Waals surface area contributed by atoms with Gasteiger partial charge in [0, 0.05) is 13.1 Å². The maximum absolute atomic E-state index is 12.9. The first-order valence-corrected chi connectivity index (χ1v) is 9.42. The topological polar surface area (TPSA) is 82.1 Å². The fourth-order valence-corrected chi connectivity index (χ4v) is 4.03. The molecule has 1 aromatic carbocycles. The molecule has 7 nitrogen and oxygen atoms in total. The third-order valence-corrected chi connectivity index (χ3v) is 5.47. The summed E-state index contributed by atoms with van der Waals surface area (Å²) in [6.45, 7) is 5.49. The van der Waals surface area contributed by atoms with E-state index in [1.165, 1.54) is 10.4 Å². The number of sulfonamides is 1. The first-order valence-electron chi connectivity index (χ1n) is 7.98. The highest BCUT2D eigenvalue weighted by molar-refractivity contribution is 7.89. The van der Waals surface area contributed by atoms with Crippen molar-refractivity contribution in [2.45, 2.75) is 25.2 Å². The molecule has 0 saturated carbocycles. The van der Waals surface area contributed by atoms with Crippen molar-refractivity contribution >= 4 is 16.0 Å². The summed E-state index contributed by atoms with van der Waals surface area (Å²) in [5.41, 5.74) is 0.573. The van der Waals surface area contributed by atoms with Gasteiger partial charge in [0.25, 0.3) is 0 Å². The first-order chi connectivity index (χ1) is 11.5. The van der Waals surface area contributed by atoms with Crippen LogP contribution in [0.25, 0.3) is 0 Å². The molecule has 1 aromatic rings. The highest BCUT2D eigenvalue weighted by atomic mass is 32.2. The molecule has 1 fully saturated rings. The number of carbonyl (C=O) groups excluding carboxylic acids is 1. The smallest absolute Gasteiger partial charge is 0.310 e. The summed E-state index contributed by atoms with van der Waals surface area (Å²) < 4.78 is 42.8. The predicted molar refractivity (Wildman–Crippen MR) is 87.5 cm³/mol. The normalized spacial score (nSPS) is 15.9. The Labute approximate surface area is 142 Å². The second-order valence-corrected chi connectivity index (χ2v) is 7.12. The lowest BCUT2D eigenvalue weighted by Crippen LogP contribution is -2.40. The molecular formula is C16H23NO6S. The van der Waals surface area contributed by atoms with E-state index < -0.39 is 16.0 Å². The lowest BCUT2D eigenvalue weighted by molar-refractivity contribution is -0.142. The molecule has 0 amide bonds. The number of hydrogen-bond donors (Lipinski definition) is 0. The highest BCUT2D eigenvalue weighted by Gasteiger charge is 2.29. The van der Waals surface area contributed by atoms with Crippen molar-refractivity contribution in [1.82, 2.24) is 4.31 Å². The minimum atomic E-state index is -3.71. The van der Waals surface area contributed by atoms with Gasteiger partial charge in [-0.15, -0.1) is 0 Å². The van der Waals surface area contributed by atoms with Crippen molar-refractivity contribution in [3.8, 4) is 5.75 Å². The molecule has 0 unspecified atom stereocenters. The Morgan fingerprint density at radius 1 is 1.21 bits per heavy atom. The zero-order valence-corrected chi connectivity index (χ0v) is 14.8. The zero-order valence-electron chi connectivity index (χ0n) is 14.0. The molecule has 0 radical (unpaired) electrons. The van der Waals surface area contributed by atoms with Crippen LogP contribution in [0.1, 0.15) is 19.4 Å². The molecule has 1 aliphatic heterocycles. The van der Waals surface area contributed by atoms with Crippen LogP contribution in [0.15, 0.2) is 23.1 Å². The van der Waals surface area contributed by atoms with Gasteiger partial charge in [0.15, 0.2) is 0 Å². The molecule has 0 aromatic heterocycles. The van der Waals surface area contributed by atoms with E-state index in [9.17, 15) is 13.2 Å². The molecule has 1 heterocycles. The van der Waals surface area contributed by atoms with Crippen molar-refractivity contribution in [2.75, 3.05) is 39.5 Å². The minimum absolute atomic E-state index is 0.0197. The summed E-state index contributed by atoms with van der Waals surface area (Å²) >= 11 is 0. The summed E-state index contributed by atoms with van der Waals surface area (Å²) in [5.74, 6) is -0.104. The molecule has 0 atom stereocenters. The van der Waals surface area contributed by atoms with E-state index in [2.05, 4.69) is 0 Å². The monoisotopic (exact) mass is 357 g/mol. The molecule has 24 heavy (non-hydrogen) atoms. The quantitative estimate of drug-likeness (QED) is 0.682.